The Morgan fingerprint density at radius 2 is 1.87 bits per heavy atom. The minimum absolute atomic E-state index is 0.150. The first-order chi connectivity index (χ1) is 11.2. The number of aromatic nitrogens is 1. The predicted molar refractivity (Wildman–Crippen MR) is 86.6 cm³/mol. The van der Waals surface area contributed by atoms with Crippen LogP contribution in [0.3, 0.4) is 0 Å². The Morgan fingerprint density at radius 1 is 1.13 bits per heavy atom. The zero-order chi connectivity index (χ0) is 15.9. The van der Waals surface area contributed by atoms with E-state index < -0.39 is 5.41 Å². The second kappa shape index (κ2) is 5.09. The number of benzene rings is 2. The lowest BCUT2D eigenvalue weighted by Crippen LogP contribution is -2.30. The van der Waals surface area contributed by atoms with Crippen molar-refractivity contribution in [2.45, 2.75) is 17.8 Å². The van der Waals surface area contributed by atoms with Gasteiger partial charge >= 0.3 is 0 Å². The minimum Gasteiger partial charge on any atom is -0.444 e. The zero-order valence-electron chi connectivity index (χ0n) is 12.5. The van der Waals surface area contributed by atoms with Crippen molar-refractivity contribution in [1.82, 2.24) is 4.98 Å². The van der Waals surface area contributed by atoms with E-state index in [4.69, 9.17) is 10.2 Å². The molecular formula is C19H16N2O2. The number of hydrogen-bond donors (Lipinski definition) is 1. The number of nitrogens with zero attached hydrogens (tertiary/aromatic N) is 1. The van der Waals surface area contributed by atoms with Gasteiger partial charge in [-0.15, -0.1) is 0 Å². The fourth-order valence-corrected chi connectivity index (χ4v) is 3.37. The van der Waals surface area contributed by atoms with Gasteiger partial charge in [0.1, 0.15) is 0 Å². The molecule has 1 fully saturated rings. The maximum absolute atomic E-state index is 12.2. The topological polar surface area (TPSA) is 69.1 Å². The second-order valence-corrected chi connectivity index (χ2v) is 5.95. The van der Waals surface area contributed by atoms with E-state index in [0.29, 0.717) is 5.76 Å². The maximum atomic E-state index is 12.2. The molecule has 3 aromatic rings. The fourth-order valence-electron chi connectivity index (χ4n) is 3.37. The minimum atomic E-state index is -0.596. The lowest BCUT2D eigenvalue weighted by molar-refractivity contribution is -0.120. The van der Waals surface area contributed by atoms with Gasteiger partial charge in [-0.3, -0.25) is 4.79 Å². The van der Waals surface area contributed by atoms with Crippen molar-refractivity contribution in [3.8, 4) is 11.3 Å². The van der Waals surface area contributed by atoms with Gasteiger partial charge in [0.05, 0.1) is 11.6 Å². The predicted octanol–water partition coefficient (Wildman–Crippen LogP) is 3.25. The highest BCUT2D eigenvalue weighted by molar-refractivity contribution is 5.92. The summed E-state index contributed by atoms with van der Waals surface area (Å²) < 4.78 is 5.30. The Labute approximate surface area is 134 Å². The summed E-state index contributed by atoms with van der Waals surface area (Å²) in [5.41, 5.74) is 8.21. The molecule has 2 N–H and O–H groups in total. The molecular weight excluding hydrogens is 288 g/mol. The van der Waals surface area contributed by atoms with Gasteiger partial charge in [-0.1, -0.05) is 54.6 Å². The van der Waals surface area contributed by atoms with E-state index in [1.807, 2.05) is 42.5 Å². The van der Waals surface area contributed by atoms with Crippen LogP contribution in [0.5, 0.6) is 0 Å². The molecule has 1 heterocycles. The highest BCUT2D eigenvalue weighted by Crippen LogP contribution is 2.60. The van der Waals surface area contributed by atoms with Crippen molar-refractivity contribution in [3.05, 3.63) is 78.3 Å². The van der Waals surface area contributed by atoms with Crippen LogP contribution in [0.2, 0.25) is 0 Å². The third-order valence-electron chi connectivity index (χ3n) is 4.72. The molecule has 0 aliphatic heterocycles. The number of oxazole rings is 1. The van der Waals surface area contributed by atoms with Crippen molar-refractivity contribution in [2.75, 3.05) is 0 Å². The first-order valence-electron chi connectivity index (χ1n) is 7.56. The van der Waals surface area contributed by atoms with E-state index in [1.165, 1.54) is 6.39 Å². The van der Waals surface area contributed by atoms with E-state index >= 15 is 0 Å². The summed E-state index contributed by atoms with van der Waals surface area (Å²) in [5.74, 6) is 0.594. The van der Waals surface area contributed by atoms with Crippen molar-refractivity contribution in [2.24, 2.45) is 5.73 Å². The molecule has 2 aromatic carbocycles. The number of carbonyl (C=O) groups excluding carboxylic acids is 1. The van der Waals surface area contributed by atoms with Crippen LogP contribution in [-0.2, 0) is 10.2 Å². The molecule has 4 rings (SSSR count). The molecule has 0 saturated heterocycles. The Morgan fingerprint density at radius 3 is 2.48 bits per heavy atom. The summed E-state index contributed by atoms with van der Waals surface area (Å²) in [5, 5.41) is 0. The van der Waals surface area contributed by atoms with Crippen LogP contribution in [0.15, 0.2) is 71.6 Å². The summed E-state index contributed by atoms with van der Waals surface area (Å²) in [6.07, 6.45) is 3.83. The molecule has 4 heteroatoms. The first-order valence-corrected chi connectivity index (χ1v) is 7.56. The summed E-state index contributed by atoms with van der Waals surface area (Å²) in [6.45, 7) is 0. The Kier molecular flexibility index (Phi) is 3.05. The van der Waals surface area contributed by atoms with E-state index in [9.17, 15) is 4.79 Å². The molecule has 1 aliphatic rings. The summed E-state index contributed by atoms with van der Waals surface area (Å²) in [7, 11) is 0. The number of carbonyl (C=O) groups is 1. The highest BCUT2D eigenvalue weighted by Gasteiger charge is 2.60. The van der Waals surface area contributed by atoms with Gasteiger partial charge in [0.15, 0.2) is 12.2 Å². The quantitative estimate of drug-likeness (QED) is 0.804. The molecule has 1 amide bonds. The monoisotopic (exact) mass is 304 g/mol. The lowest BCUT2D eigenvalue weighted by Gasteiger charge is -2.15. The largest absolute Gasteiger partial charge is 0.444 e. The van der Waals surface area contributed by atoms with E-state index in [2.05, 4.69) is 17.1 Å². The molecule has 1 aliphatic carbocycles. The summed E-state index contributed by atoms with van der Waals surface area (Å²) in [4.78, 5) is 16.1. The van der Waals surface area contributed by atoms with E-state index in [-0.39, 0.29) is 11.8 Å². The fraction of sp³-hybridized carbons (Fsp3) is 0.158. The number of primary amides is 1. The maximum Gasteiger partial charge on any atom is 0.228 e. The molecule has 0 spiro atoms. The van der Waals surface area contributed by atoms with Crippen LogP contribution in [-0.4, -0.2) is 10.9 Å². The van der Waals surface area contributed by atoms with E-state index in [0.717, 1.165) is 23.1 Å². The average molecular weight is 304 g/mol. The van der Waals surface area contributed by atoms with Crippen LogP contribution in [0, 0.1) is 0 Å². The lowest BCUT2D eigenvalue weighted by atomic mass is 9.89. The SMILES string of the molecule is NC(=O)C1(c2ccc(-c3cnco3)cc2)CC1c1ccccc1. The molecule has 1 aromatic heterocycles. The molecule has 2 atom stereocenters. The van der Waals surface area contributed by atoms with E-state index in [1.54, 1.807) is 6.20 Å². The molecule has 114 valence electrons. The molecule has 0 radical (unpaired) electrons. The Balaban J connectivity index is 1.69. The van der Waals surface area contributed by atoms with Crippen LogP contribution in [0.4, 0.5) is 0 Å². The van der Waals surface area contributed by atoms with Crippen LogP contribution < -0.4 is 5.73 Å². The first kappa shape index (κ1) is 13.8. The Bertz CT molecular complexity index is 826. The van der Waals surface area contributed by atoms with Gasteiger partial charge in [0, 0.05) is 11.5 Å². The Hall–Kier alpha value is -2.88. The zero-order valence-corrected chi connectivity index (χ0v) is 12.5. The van der Waals surface area contributed by atoms with Gasteiger partial charge in [0.25, 0.3) is 0 Å². The summed E-state index contributed by atoms with van der Waals surface area (Å²) in [6, 6.07) is 17.9. The highest BCUT2D eigenvalue weighted by atomic mass is 16.3. The van der Waals surface area contributed by atoms with Crippen LogP contribution >= 0.6 is 0 Å². The molecule has 1 saturated carbocycles. The van der Waals surface area contributed by atoms with Crippen molar-refractivity contribution in [1.29, 1.82) is 0 Å². The normalized spacial score (nSPS) is 22.7. The number of nitrogens with two attached hydrogens (primary N) is 1. The number of hydrogen-bond acceptors (Lipinski definition) is 3. The van der Waals surface area contributed by atoms with Gasteiger partial charge in [0.2, 0.25) is 5.91 Å². The van der Waals surface area contributed by atoms with Crippen molar-refractivity contribution < 1.29 is 9.21 Å². The average Bonchev–Trinajstić information content (AvgIpc) is 3.13. The molecule has 0 bridgehead atoms. The standard InChI is InChI=1S/C19H16N2O2/c20-18(22)19(10-16(19)13-4-2-1-3-5-13)15-8-6-14(7-9-15)17-11-21-12-23-17/h1-9,11-12,16H,10H2,(H2,20,22). The number of amides is 1. The van der Waals surface area contributed by atoms with Crippen LogP contribution in [0.25, 0.3) is 11.3 Å². The van der Waals surface area contributed by atoms with Crippen molar-refractivity contribution in [3.63, 3.8) is 0 Å². The summed E-state index contributed by atoms with van der Waals surface area (Å²) >= 11 is 0. The van der Waals surface area contributed by atoms with Crippen molar-refractivity contribution >= 4 is 5.91 Å². The number of rotatable bonds is 4. The smallest absolute Gasteiger partial charge is 0.228 e. The van der Waals surface area contributed by atoms with Crippen LogP contribution in [0.1, 0.15) is 23.5 Å². The molecule has 4 nitrogen and oxygen atoms in total. The van der Waals surface area contributed by atoms with Gasteiger partial charge in [-0.25, -0.2) is 4.98 Å². The second-order valence-electron chi connectivity index (χ2n) is 5.95. The molecule has 23 heavy (non-hydrogen) atoms. The molecule has 2 unspecified atom stereocenters. The van der Waals surface area contributed by atoms with Gasteiger partial charge < -0.3 is 10.2 Å². The third-order valence-corrected chi connectivity index (χ3v) is 4.72. The van der Waals surface area contributed by atoms with Gasteiger partial charge in [-0.2, -0.15) is 0 Å². The van der Waals surface area contributed by atoms with Gasteiger partial charge in [-0.05, 0) is 17.5 Å². The third kappa shape index (κ3) is 2.14.